The van der Waals surface area contributed by atoms with E-state index in [0.717, 1.165) is 34.3 Å². The van der Waals surface area contributed by atoms with Crippen molar-refractivity contribution in [3.05, 3.63) is 81.9 Å². The van der Waals surface area contributed by atoms with E-state index in [1.54, 1.807) is 28.9 Å². The Morgan fingerprint density at radius 3 is 2.76 bits per heavy atom. The van der Waals surface area contributed by atoms with Gasteiger partial charge in [-0.2, -0.15) is 5.10 Å². The summed E-state index contributed by atoms with van der Waals surface area (Å²) in [6.45, 7) is 6.13. The van der Waals surface area contributed by atoms with Crippen LogP contribution in [-0.2, 0) is 11.4 Å². The SMILES string of the molecule is CC/C=C(\C=C(C)C)c1nn2cc(Cl)ccc2c1Cc1cccc(C(=O)OF)n1. The van der Waals surface area contributed by atoms with Gasteiger partial charge >= 0.3 is 5.97 Å². The molecule has 3 aromatic heterocycles. The summed E-state index contributed by atoms with van der Waals surface area (Å²) in [5.74, 6) is -1.12. The van der Waals surface area contributed by atoms with Crippen molar-refractivity contribution in [2.24, 2.45) is 0 Å². The van der Waals surface area contributed by atoms with E-state index in [-0.39, 0.29) is 5.69 Å². The van der Waals surface area contributed by atoms with E-state index in [1.165, 1.54) is 6.07 Å². The first-order valence-electron chi connectivity index (χ1n) is 9.24. The average molecular weight is 414 g/mol. The van der Waals surface area contributed by atoms with E-state index in [2.05, 4.69) is 29.0 Å². The number of carbonyl (C=O) groups excluding carboxylic acids is 1. The van der Waals surface area contributed by atoms with Gasteiger partial charge in [0.05, 0.1) is 16.2 Å². The van der Waals surface area contributed by atoms with Crippen LogP contribution in [-0.4, -0.2) is 20.6 Å². The van der Waals surface area contributed by atoms with Crippen LogP contribution in [0.2, 0.25) is 5.02 Å². The quantitative estimate of drug-likeness (QED) is 0.481. The lowest BCUT2D eigenvalue weighted by atomic mass is 10.00. The van der Waals surface area contributed by atoms with Gasteiger partial charge in [0.25, 0.3) is 0 Å². The minimum Gasteiger partial charge on any atom is -0.248 e. The van der Waals surface area contributed by atoms with Crippen molar-refractivity contribution < 1.29 is 14.3 Å². The molecular weight excluding hydrogens is 393 g/mol. The Hall–Kier alpha value is -2.99. The first-order chi connectivity index (χ1) is 13.9. The molecule has 29 heavy (non-hydrogen) atoms. The van der Waals surface area contributed by atoms with E-state index >= 15 is 0 Å². The number of hydrogen-bond donors (Lipinski definition) is 0. The van der Waals surface area contributed by atoms with Crippen molar-refractivity contribution in [3.63, 3.8) is 0 Å². The Balaban J connectivity index is 2.16. The normalized spacial score (nSPS) is 11.6. The van der Waals surface area contributed by atoms with Crippen molar-refractivity contribution in [1.29, 1.82) is 0 Å². The van der Waals surface area contributed by atoms with Crippen molar-refractivity contribution in [2.75, 3.05) is 0 Å². The second kappa shape index (κ2) is 9.01. The fourth-order valence-corrected chi connectivity index (χ4v) is 3.30. The van der Waals surface area contributed by atoms with Gasteiger partial charge in [-0.3, -0.25) is 0 Å². The third kappa shape index (κ3) is 4.71. The number of fused-ring (bicyclic) bond motifs is 1. The molecule has 150 valence electrons. The molecule has 0 spiro atoms. The average Bonchev–Trinajstić information content (AvgIpc) is 3.04. The fourth-order valence-electron chi connectivity index (χ4n) is 3.15. The van der Waals surface area contributed by atoms with Crippen molar-refractivity contribution in [2.45, 2.75) is 33.6 Å². The number of carbonyl (C=O) groups is 1. The van der Waals surface area contributed by atoms with Crippen LogP contribution in [0, 0.1) is 0 Å². The Labute approximate surface area is 173 Å². The van der Waals surface area contributed by atoms with Crippen LogP contribution in [0.5, 0.6) is 0 Å². The van der Waals surface area contributed by atoms with Crippen molar-refractivity contribution >= 4 is 28.7 Å². The number of allylic oxidation sites excluding steroid dienone is 4. The summed E-state index contributed by atoms with van der Waals surface area (Å²) >= 11 is 6.15. The molecule has 0 bridgehead atoms. The molecule has 0 N–H and O–H groups in total. The van der Waals surface area contributed by atoms with Gasteiger partial charge in [-0.25, -0.2) is 19.2 Å². The summed E-state index contributed by atoms with van der Waals surface area (Å²) in [5.41, 5.74) is 5.31. The molecule has 3 heterocycles. The standard InChI is InChI=1S/C22H21ClFN3O2/c1-4-6-15(11-14(2)3)21-18(20-10-9-16(23)13-27(20)26-21)12-17-7-5-8-19(25-17)22(28)29-24/h5-11,13H,4,12H2,1-3H3/b15-6+. The third-order valence-electron chi connectivity index (χ3n) is 4.28. The fraction of sp³-hybridized carbons (Fsp3) is 0.227. The molecule has 0 fully saturated rings. The summed E-state index contributed by atoms with van der Waals surface area (Å²) in [4.78, 5) is 19.0. The van der Waals surface area contributed by atoms with Crippen LogP contribution in [0.3, 0.4) is 0 Å². The summed E-state index contributed by atoms with van der Waals surface area (Å²) in [5, 5.41) is 5.33. The van der Waals surface area contributed by atoms with Gasteiger partial charge in [0.15, 0.2) is 5.69 Å². The maximum absolute atomic E-state index is 12.3. The lowest BCUT2D eigenvalue weighted by molar-refractivity contribution is -0.0793. The van der Waals surface area contributed by atoms with E-state index < -0.39 is 5.97 Å². The Morgan fingerprint density at radius 1 is 1.28 bits per heavy atom. The number of halogens is 2. The molecule has 3 rings (SSSR count). The maximum Gasteiger partial charge on any atom is 0.397 e. The van der Waals surface area contributed by atoms with Crippen LogP contribution >= 0.6 is 11.6 Å². The van der Waals surface area contributed by atoms with Gasteiger partial charge in [-0.05, 0) is 50.1 Å². The molecule has 0 aliphatic heterocycles. The van der Waals surface area contributed by atoms with Crippen LogP contribution in [0.25, 0.3) is 11.1 Å². The molecule has 5 nitrogen and oxygen atoms in total. The highest BCUT2D eigenvalue weighted by Gasteiger charge is 2.18. The first kappa shape index (κ1) is 20.7. The molecule has 0 radical (unpaired) electrons. The molecule has 7 heteroatoms. The zero-order valence-corrected chi connectivity index (χ0v) is 17.2. The van der Waals surface area contributed by atoms with Gasteiger partial charge in [0.1, 0.15) is 0 Å². The zero-order chi connectivity index (χ0) is 21.0. The number of pyridine rings is 2. The maximum atomic E-state index is 12.3. The van der Waals surface area contributed by atoms with Crippen molar-refractivity contribution in [1.82, 2.24) is 14.6 Å². The van der Waals surface area contributed by atoms with Gasteiger partial charge in [-0.1, -0.05) is 42.3 Å². The molecular formula is C22H21ClFN3O2. The third-order valence-corrected chi connectivity index (χ3v) is 4.50. The van der Waals surface area contributed by atoms with Crippen LogP contribution < -0.4 is 0 Å². The number of rotatable bonds is 6. The van der Waals surface area contributed by atoms with Gasteiger partial charge in [0, 0.05) is 28.4 Å². The molecule has 0 unspecified atom stereocenters. The molecule has 0 saturated carbocycles. The molecule has 0 aliphatic rings. The number of aromatic nitrogens is 3. The Bertz CT molecular complexity index is 1110. The minimum absolute atomic E-state index is 0.0836. The highest BCUT2D eigenvalue weighted by Crippen LogP contribution is 2.28. The number of nitrogens with zero attached hydrogens (tertiary/aromatic N) is 3. The van der Waals surface area contributed by atoms with Gasteiger partial charge < -0.3 is 0 Å². The van der Waals surface area contributed by atoms with E-state index in [0.29, 0.717) is 17.1 Å². The molecule has 3 aromatic rings. The highest BCUT2D eigenvalue weighted by molar-refractivity contribution is 6.30. The van der Waals surface area contributed by atoms with E-state index in [4.69, 9.17) is 16.7 Å². The first-order valence-corrected chi connectivity index (χ1v) is 9.61. The lowest BCUT2D eigenvalue weighted by Gasteiger charge is -2.06. The largest absolute Gasteiger partial charge is 0.397 e. The van der Waals surface area contributed by atoms with Gasteiger partial charge in [0.2, 0.25) is 0 Å². The van der Waals surface area contributed by atoms with Crippen LogP contribution in [0.1, 0.15) is 54.6 Å². The summed E-state index contributed by atoms with van der Waals surface area (Å²) in [6.07, 6.45) is 7.21. The molecule has 0 saturated heterocycles. The van der Waals surface area contributed by atoms with E-state index in [9.17, 15) is 9.32 Å². The van der Waals surface area contributed by atoms with Crippen LogP contribution in [0.15, 0.2) is 54.3 Å². The summed E-state index contributed by atoms with van der Waals surface area (Å²) in [6, 6.07) is 8.55. The predicted molar refractivity (Wildman–Crippen MR) is 111 cm³/mol. The smallest absolute Gasteiger partial charge is 0.248 e. The Kier molecular flexibility index (Phi) is 6.44. The summed E-state index contributed by atoms with van der Waals surface area (Å²) in [7, 11) is 0. The van der Waals surface area contributed by atoms with E-state index in [1.807, 2.05) is 19.9 Å². The zero-order valence-electron chi connectivity index (χ0n) is 16.4. The van der Waals surface area contributed by atoms with Gasteiger partial charge in [-0.15, -0.1) is 0 Å². The number of hydrogen-bond acceptors (Lipinski definition) is 4. The second-order valence-corrected chi connectivity index (χ2v) is 7.29. The lowest BCUT2D eigenvalue weighted by Crippen LogP contribution is -2.05. The second-order valence-electron chi connectivity index (χ2n) is 6.85. The van der Waals surface area contributed by atoms with Crippen molar-refractivity contribution in [3.8, 4) is 0 Å². The molecule has 0 aromatic carbocycles. The minimum atomic E-state index is -1.12. The monoisotopic (exact) mass is 413 g/mol. The molecule has 0 aliphatic carbocycles. The van der Waals surface area contributed by atoms with Crippen LogP contribution in [0.4, 0.5) is 4.53 Å². The highest BCUT2D eigenvalue weighted by atomic mass is 35.5. The topological polar surface area (TPSA) is 56.5 Å². The molecule has 0 atom stereocenters. The molecule has 0 amide bonds. The Morgan fingerprint density at radius 2 is 2.07 bits per heavy atom. The predicted octanol–water partition coefficient (Wildman–Crippen LogP) is 5.77. The summed E-state index contributed by atoms with van der Waals surface area (Å²) < 4.78 is 14.0.